The zero-order valence-electron chi connectivity index (χ0n) is 17.3. The van der Waals surface area contributed by atoms with Gasteiger partial charge in [-0.05, 0) is 42.8 Å². The number of nitrogens with zero attached hydrogens (tertiary/aromatic N) is 4. The number of imidazole rings is 1. The minimum atomic E-state index is -0.0534. The Kier molecular flexibility index (Phi) is 5.84. The standard InChI is InChI=1S/C23H22BrClN4S/c1-5-18-19(21-27-28-22(30-21)23(2,3)4)26-20(16-8-6-7-9-17(16)25)29(18)15-12-10-14(24)11-13-15/h6-13H,5H2,1-4H3. The number of hydrogen-bond acceptors (Lipinski definition) is 4. The van der Waals surface area contributed by atoms with Gasteiger partial charge in [0.05, 0.1) is 10.7 Å². The van der Waals surface area contributed by atoms with E-state index in [1.165, 1.54) is 0 Å². The molecule has 0 bridgehead atoms. The third-order valence-corrected chi connectivity index (χ3v) is 6.99. The molecule has 0 N–H and O–H groups in total. The fourth-order valence-corrected chi connectivity index (χ4v) is 4.66. The van der Waals surface area contributed by atoms with Gasteiger partial charge >= 0.3 is 0 Å². The van der Waals surface area contributed by atoms with Crippen molar-refractivity contribution in [1.29, 1.82) is 0 Å². The van der Waals surface area contributed by atoms with Crippen LogP contribution >= 0.6 is 38.9 Å². The molecular weight excluding hydrogens is 480 g/mol. The summed E-state index contributed by atoms with van der Waals surface area (Å²) in [5, 5.41) is 11.4. The monoisotopic (exact) mass is 500 g/mol. The van der Waals surface area contributed by atoms with E-state index in [0.717, 1.165) is 49.4 Å². The minimum Gasteiger partial charge on any atom is -0.296 e. The largest absolute Gasteiger partial charge is 0.296 e. The first-order valence-electron chi connectivity index (χ1n) is 9.76. The molecule has 0 amide bonds. The number of aromatic nitrogens is 4. The summed E-state index contributed by atoms with van der Waals surface area (Å²) in [6, 6.07) is 16.0. The van der Waals surface area contributed by atoms with Gasteiger partial charge in [-0.25, -0.2) is 4.98 Å². The van der Waals surface area contributed by atoms with Gasteiger partial charge in [0.25, 0.3) is 0 Å². The van der Waals surface area contributed by atoms with Crippen molar-refractivity contribution in [2.24, 2.45) is 0 Å². The molecule has 0 spiro atoms. The predicted octanol–water partition coefficient (Wildman–Crippen LogP) is 7.33. The molecule has 7 heteroatoms. The van der Waals surface area contributed by atoms with Gasteiger partial charge in [-0.2, -0.15) is 0 Å². The van der Waals surface area contributed by atoms with Crippen LogP contribution in [0.3, 0.4) is 0 Å². The molecule has 30 heavy (non-hydrogen) atoms. The third-order valence-electron chi connectivity index (χ3n) is 4.78. The van der Waals surface area contributed by atoms with Crippen LogP contribution in [0.4, 0.5) is 0 Å². The minimum absolute atomic E-state index is 0.0534. The number of rotatable bonds is 4. The molecule has 0 saturated carbocycles. The van der Waals surface area contributed by atoms with Crippen LogP contribution in [0.1, 0.15) is 38.4 Å². The van der Waals surface area contributed by atoms with Crippen molar-refractivity contribution in [2.75, 3.05) is 0 Å². The Bertz CT molecular complexity index is 1190. The van der Waals surface area contributed by atoms with Crippen LogP contribution in [-0.2, 0) is 11.8 Å². The van der Waals surface area contributed by atoms with E-state index < -0.39 is 0 Å². The highest BCUT2D eigenvalue weighted by molar-refractivity contribution is 9.10. The molecule has 0 unspecified atom stereocenters. The van der Waals surface area contributed by atoms with E-state index >= 15 is 0 Å². The lowest BCUT2D eigenvalue weighted by Crippen LogP contribution is -2.10. The summed E-state index contributed by atoms with van der Waals surface area (Å²) in [6.45, 7) is 8.58. The van der Waals surface area contributed by atoms with Crippen molar-refractivity contribution >= 4 is 38.9 Å². The van der Waals surface area contributed by atoms with Gasteiger partial charge in [0, 0.05) is 21.1 Å². The maximum atomic E-state index is 6.57. The number of halogens is 2. The highest BCUT2D eigenvalue weighted by Gasteiger charge is 2.26. The van der Waals surface area contributed by atoms with Crippen molar-refractivity contribution < 1.29 is 0 Å². The summed E-state index contributed by atoms with van der Waals surface area (Å²) in [7, 11) is 0. The summed E-state index contributed by atoms with van der Waals surface area (Å²) in [5.41, 5.74) is 3.82. The van der Waals surface area contributed by atoms with E-state index in [0.29, 0.717) is 5.02 Å². The van der Waals surface area contributed by atoms with Crippen LogP contribution in [0, 0.1) is 0 Å². The quantitative estimate of drug-likeness (QED) is 0.294. The molecule has 0 aliphatic heterocycles. The smallest absolute Gasteiger partial charge is 0.168 e. The van der Waals surface area contributed by atoms with E-state index in [2.05, 4.69) is 70.5 Å². The van der Waals surface area contributed by atoms with Crippen LogP contribution < -0.4 is 0 Å². The Morgan fingerprint density at radius 1 is 1.03 bits per heavy atom. The molecule has 0 radical (unpaired) electrons. The molecule has 0 atom stereocenters. The fourth-order valence-electron chi connectivity index (χ4n) is 3.26. The van der Waals surface area contributed by atoms with Gasteiger partial charge in [-0.3, -0.25) is 4.57 Å². The predicted molar refractivity (Wildman–Crippen MR) is 129 cm³/mol. The Hall–Kier alpha value is -2.02. The van der Waals surface area contributed by atoms with Crippen molar-refractivity contribution in [2.45, 2.75) is 39.5 Å². The molecule has 0 aliphatic carbocycles. The second kappa shape index (κ2) is 8.25. The van der Waals surface area contributed by atoms with Crippen LogP contribution in [-0.4, -0.2) is 19.7 Å². The average Bonchev–Trinajstić information content (AvgIpc) is 3.33. The van der Waals surface area contributed by atoms with Crippen molar-refractivity contribution in [3.05, 3.63) is 68.7 Å². The summed E-state index contributed by atoms with van der Waals surface area (Å²) in [4.78, 5) is 5.05. The molecule has 4 aromatic rings. The van der Waals surface area contributed by atoms with Crippen molar-refractivity contribution in [1.82, 2.24) is 19.7 Å². The number of hydrogen-bond donors (Lipinski definition) is 0. The van der Waals surface area contributed by atoms with Gasteiger partial charge in [0.1, 0.15) is 16.5 Å². The number of benzene rings is 2. The van der Waals surface area contributed by atoms with E-state index in [1.54, 1.807) is 11.3 Å². The molecule has 0 fully saturated rings. The lowest BCUT2D eigenvalue weighted by Gasteiger charge is -2.13. The first-order chi connectivity index (χ1) is 14.3. The Morgan fingerprint density at radius 2 is 1.73 bits per heavy atom. The zero-order chi connectivity index (χ0) is 21.5. The highest BCUT2D eigenvalue weighted by atomic mass is 79.9. The van der Waals surface area contributed by atoms with Gasteiger partial charge in [0.2, 0.25) is 0 Å². The van der Waals surface area contributed by atoms with Crippen LogP contribution in [0.25, 0.3) is 27.8 Å². The maximum Gasteiger partial charge on any atom is 0.168 e. The molecule has 4 rings (SSSR count). The molecule has 0 saturated heterocycles. The van der Waals surface area contributed by atoms with Crippen molar-refractivity contribution in [3.8, 4) is 27.8 Å². The molecular formula is C23H22BrClN4S. The second-order valence-corrected chi connectivity index (χ2v) is 10.3. The van der Waals surface area contributed by atoms with Crippen LogP contribution in [0.5, 0.6) is 0 Å². The van der Waals surface area contributed by atoms with Gasteiger partial charge < -0.3 is 0 Å². The van der Waals surface area contributed by atoms with Crippen LogP contribution in [0.2, 0.25) is 5.02 Å². The lowest BCUT2D eigenvalue weighted by molar-refractivity contribution is 0.578. The van der Waals surface area contributed by atoms with E-state index in [9.17, 15) is 0 Å². The van der Waals surface area contributed by atoms with E-state index in [4.69, 9.17) is 16.6 Å². The van der Waals surface area contributed by atoms with Gasteiger partial charge in [-0.1, -0.05) is 78.7 Å². The third kappa shape index (κ3) is 3.96. The first-order valence-corrected chi connectivity index (χ1v) is 11.7. The van der Waals surface area contributed by atoms with Gasteiger partial charge in [-0.15, -0.1) is 10.2 Å². The Morgan fingerprint density at radius 3 is 2.33 bits per heavy atom. The summed E-state index contributed by atoms with van der Waals surface area (Å²) in [6.07, 6.45) is 0.799. The summed E-state index contributed by atoms with van der Waals surface area (Å²) < 4.78 is 3.21. The molecule has 0 aliphatic rings. The molecule has 4 nitrogen and oxygen atoms in total. The Balaban J connectivity index is 1.99. The molecule has 2 aromatic heterocycles. The zero-order valence-corrected chi connectivity index (χ0v) is 20.4. The normalized spacial score (nSPS) is 11.8. The highest BCUT2D eigenvalue weighted by Crippen LogP contribution is 2.38. The van der Waals surface area contributed by atoms with Crippen molar-refractivity contribution in [3.63, 3.8) is 0 Å². The lowest BCUT2D eigenvalue weighted by atomic mass is 9.98. The van der Waals surface area contributed by atoms with E-state index in [-0.39, 0.29) is 5.41 Å². The molecule has 2 aromatic carbocycles. The summed E-state index contributed by atoms with van der Waals surface area (Å²) in [5.74, 6) is 0.808. The summed E-state index contributed by atoms with van der Waals surface area (Å²) >= 11 is 11.7. The molecule has 2 heterocycles. The van der Waals surface area contributed by atoms with Crippen LogP contribution in [0.15, 0.2) is 53.0 Å². The topological polar surface area (TPSA) is 43.6 Å². The molecule has 154 valence electrons. The SMILES string of the molecule is CCc1c(-c2nnc(C(C)(C)C)s2)nc(-c2ccccc2Cl)n1-c1ccc(Br)cc1. The van der Waals surface area contributed by atoms with E-state index in [1.807, 2.05) is 36.4 Å². The Labute approximate surface area is 194 Å². The second-order valence-electron chi connectivity index (χ2n) is 8.04. The van der Waals surface area contributed by atoms with Gasteiger partial charge in [0.15, 0.2) is 5.01 Å². The average molecular weight is 502 g/mol. The first kappa shape index (κ1) is 21.2. The maximum absolute atomic E-state index is 6.57. The fraction of sp³-hybridized carbons (Fsp3) is 0.261.